The number of nitriles is 1. The number of esters is 1. The van der Waals surface area contributed by atoms with E-state index in [4.69, 9.17) is 10.00 Å². The van der Waals surface area contributed by atoms with Crippen molar-refractivity contribution in [3.05, 3.63) is 11.3 Å². The van der Waals surface area contributed by atoms with E-state index in [1.54, 1.807) is 6.07 Å². The largest absolute Gasteiger partial charge is 0.496 e. The molecule has 4 heteroatoms. The van der Waals surface area contributed by atoms with Gasteiger partial charge in [0.05, 0.1) is 13.7 Å². The Hall–Kier alpha value is -1.50. The van der Waals surface area contributed by atoms with E-state index in [0.717, 1.165) is 6.42 Å². The van der Waals surface area contributed by atoms with Crippen molar-refractivity contribution >= 4 is 5.97 Å². The van der Waals surface area contributed by atoms with Crippen LogP contribution in [0.2, 0.25) is 0 Å². The van der Waals surface area contributed by atoms with Gasteiger partial charge < -0.3 is 9.47 Å². The Balaban J connectivity index is 2.86. The van der Waals surface area contributed by atoms with E-state index < -0.39 is 5.97 Å². The maximum Gasteiger partial charge on any atom is 0.352 e. The Morgan fingerprint density at radius 1 is 1.75 bits per heavy atom. The SMILES string of the molecule is COC(=O)/C(C#N)=C1/CCCO1. The summed E-state index contributed by atoms with van der Waals surface area (Å²) in [6.07, 6.45) is 1.51. The first-order chi connectivity index (χ1) is 5.79. The molecule has 0 amide bonds. The van der Waals surface area contributed by atoms with E-state index in [9.17, 15) is 4.79 Å². The molecule has 0 aromatic heterocycles. The van der Waals surface area contributed by atoms with Crippen molar-refractivity contribution in [1.29, 1.82) is 5.26 Å². The fourth-order valence-electron chi connectivity index (χ4n) is 1.02. The highest BCUT2D eigenvalue weighted by Crippen LogP contribution is 2.20. The van der Waals surface area contributed by atoms with E-state index in [1.165, 1.54) is 7.11 Å². The van der Waals surface area contributed by atoms with Gasteiger partial charge in [-0.05, 0) is 6.42 Å². The fourth-order valence-corrected chi connectivity index (χ4v) is 1.02. The van der Waals surface area contributed by atoms with Crippen LogP contribution in [0.3, 0.4) is 0 Å². The average molecular weight is 167 g/mol. The molecule has 0 radical (unpaired) electrons. The number of hydrogen-bond acceptors (Lipinski definition) is 4. The molecule has 0 atom stereocenters. The molecule has 1 heterocycles. The van der Waals surface area contributed by atoms with Crippen molar-refractivity contribution in [3.63, 3.8) is 0 Å². The summed E-state index contributed by atoms with van der Waals surface area (Å²) in [5.41, 5.74) is -0.00463. The van der Waals surface area contributed by atoms with Crippen molar-refractivity contribution in [2.24, 2.45) is 0 Å². The lowest BCUT2D eigenvalue weighted by molar-refractivity contribution is -0.135. The first-order valence-corrected chi connectivity index (χ1v) is 3.64. The topological polar surface area (TPSA) is 59.3 Å². The number of rotatable bonds is 1. The van der Waals surface area contributed by atoms with Crippen molar-refractivity contribution in [1.82, 2.24) is 0 Å². The van der Waals surface area contributed by atoms with Crippen LogP contribution < -0.4 is 0 Å². The summed E-state index contributed by atoms with van der Waals surface area (Å²) < 4.78 is 9.50. The molecule has 0 unspecified atom stereocenters. The lowest BCUT2D eigenvalue weighted by Crippen LogP contribution is -2.06. The van der Waals surface area contributed by atoms with Crippen molar-refractivity contribution in [2.75, 3.05) is 13.7 Å². The van der Waals surface area contributed by atoms with Crippen LogP contribution in [0.25, 0.3) is 0 Å². The van der Waals surface area contributed by atoms with Gasteiger partial charge in [-0.15, -0.1) is 0 Å². The summed E-state index contributed by atoms with van der Waals surface area (Å²) in [5, 5.41) is 8.60. The molecule has 0 aromatic carbocycles. The molecule has 12 heavy (non-hydrogen) atoms. The summed E-state index contributed by atoms with van der Waals surface area (Å²) >= 11 is 0. The van der Waals surface area contributed by atoms with Crippen molar-refractivity contribution in [3.8, 4) is 6.07 Å². The van der Waals surface area contributed by atoms with Gasteiger partial charge in [0.25, 0.3) is 0 Å². The van der Waals surface area contributed by atoms with E-state index in [-0.39, 0.29) is 5.57 Å². The summed E-state index contributed by atoms with van der Waals surface area (Å²) in [4.78, 5) is 10.9. The van der Waals surface area contributed by atoms with Crippen molar-refractivity contribution < 1.29 is 14.3 Å². The van der Waals surface area contributed by atoms with Gasteiger partial charge in [0.1, 0.15) is 11.8 Å². The highest BCUT2D eigenvalue weighted by atomic mass is 16.5. The number of hydrogen-bond donors (Lipinski definition) is 0. The molecule has 4 nitrogen and oxygen atoms in total. The van der Waals surface area contributed by atoms with Crippen LogP contribution in [0.15, 0.2) is 11.3 Å². The van der Waals surface area contributed by atoms with Gasteiger partial charge in [-0.2, -0.15) is 5.26 Å². The first kappa shape index (κ1) is 8.60. The predicted octanol–water partition coefficient (Wildman–Crippen LogP) is 0.747. The van der Waals surface area contributed by atoms with Crippen LogP contribution >= 0.6 is 0 Å². The summed E-state index contributed by atoms with van der Waals surface area (Å²) in [7, 11) is 1.25. The van der Waals surface area contributed by atoms with Gasteiger partial charge in [0, 0.05) is 6.42 Å². The number of nitrogens with zero attached hydrogens (tertiary/aromatic N) is 1. The second-order valence-electron chi connectivity index (χ2n) is 2.35. The third kappa shape index (κ3) is 1.56. The monoisotopic (exact) mass is 167 g/mol. The molecule has 64 valence electrons. The Bertz CT molecular complexity index is 254. The summed E-state index contributed by atoms with van der Waals surface area (Å²) in [6, 6.07) is 1.77. The second-order valence-corrected chi connectivity index (χ2v) is 2.35. The summed E-state index contributed by atoms with van der Waals surface area (Å²) in [6.45, 7) is 0.581. The minimum Gasteiger partial charge on any atom is -0.496 e. The molecule has 0 aromatic rings. The zero-order chi connectivity index (χ0) is 8.97. The third-order valence-electron chi connectivity index (χ3n) is 1.60. The molecule has 0 aliphatic carbocycles. The molecule has 1 rings (SSSR count). The Kier molecular flexibility index (Phi) is 2.70. The highest BCUT2D eigenvalue weighted by Gasteiger charge is 2.20. The maximum absolute atomic E-state index is 10.9. The molecule has 1 aliphatic rings. The van der Waals surface area contributed by atoms with Crippen LogP contribution in [0.1, 0.15) is 12.8 Å². The average Bonchev–Trinajstić information content (AvgIpc) is 2.58. The van der Waals surface area contributed by atoms with E-state index in [1.807, 2.05) is 0 Å². The standard InChI is InChI=1S/C8H9NO3/c1-11-8(10)6(5-9)7-3-2-4-12-7/h2-4H2,1H3/b7-6-. The molecule has 1 fully saturated rings. The Morgan fingerprint density at radius 2 is 2.50 bits per heavy atom. The van der Waals surface area contributed by atoms with Crippen LogP contribution in [-0.2, 0) is 14.3 Å². The van der Waals surface area contributed by atoms with Crippen molar-refractivity contribution in [2.45, 2.75) is 12.8 Å². The first-order valence-electron chi connectivity index (χ1n) is 3.64. The second kappa shape index (κ2) is 3.77. The maximum atomic E-state index is 10.9. The van der Waals surface area contributed by atoms with E-state index >= 15 is 0 Å². The third-order valence-corrected chi connectivity index (χ3v) is 1.60. The molecule has 0 saturated carbocycles. The predicted molar refractivity (Wildman–Crippen MR) is 39.8 cm³/mol. The number of carbonyl (C=O) groups excluding carboxylic acids is 1. The van der Waals surface area contributed by atoms with Gasteiger partial charge in [-0.1, -0.05) is 0 Å². The molecular formula is C8H9NO3. The lowest BCUT2D eigenvalue weighted by atomic mass is 10.2. The van der Waals surface area contributed by atoms with Crippen LogP contribution in [0.5, 0.6) is 0 Å². The minimum absolute atomic E-state index is 0.00463. The number of carbonyl (C=O) groups is 1. The molecule has 1 saturated heterocycles. The fraction of sp³-hybridized carbons (Fsp3) is 0.500. The van der Waals surface area contributed by atoms with Crippen LogP contribution in [0, 0.1) is 11.3 Å². The smallest absolute Gasteiger partial charge is 0.352 e. The normalized spacial score (nSPS) is 19.3. The number of allylic oxidation sites excluding steroid dienone is 1. The van der Waals surface area contributed by atoms with Crippen LogP contribution in [0.4, 0.5) is 0 Å². The Morgan fingerprint density at radius 3 is 2.92 bits per heavy atom. The minimum atomic E-state index is -0.616. The summed E-state index contributed by atoms with van der Waals surface area (Å²) in [5.74, 6) is -0.154. The lowest BCUT2D eigenvalue weighted by Gasteiger charge is -2.00. The van der Waals surface area contributed by atoms with Gasteiger partial charge in [0.2, 0.25) is 0 Å². The quantitative estimate of drug-likeness (QED) is 0.328. The zero-order valence-electron chi connectivity index (χ0n) is 6.79. The highest BCUT2D eigenvalue weighted by molar-refractivity contribution is 5.93. The molecule has 0 spiro atoms. The Labute approximate surface area is 70.4 Å². The van der Waals surface area contributed by atoms with Gasteiger partial charge in [-0.3, -0.25) is 0 Å². The number of methoxy groups -OCH3 is 1. The van der Waals surface area contributed by atoms with Gasteiger partial charge in [-0.25, -0.2) is 4.79 Å². The molecule has 0 N–H and O–H groups in total. The van der Waals surface area contributed by atoms with Crippen LogP contribution in [-0.4, -0.2) is 19.7 Å². The van der Waals surface area contributed by atoms with Gasteiger partial charge >= 0.3 is 5.97 Å². The zero-order valence-corrected chi connectivity index (χ0v) is 6.79. The molecule has 1 aliphatic heterocycles. The van der Waals surface area contributed by atoms with E-state index in [2.05, 4.69) is 4.74 Å². The van der Waals surface area contributed by atoms with Gasteiger partial charge in [0.15, 0.2) is 5.57 Å². The number of ether oxygens (including phenoxy) is 2. The van der Waals surface area contributed by atoms with E-state index in [0.29, 0.717) is 18.8 Å². The molecular weight excluding hydrogens is 158 g/mol. The molecule has 0 bridgehead atoms.